The molecule has 2 N–H and O–H groups in total. The van der Waals surface area contributed by atoms with Crippen LogP contribution in [0.4, 0.5) is 0 Å². The minimum Gasteiger partial charge on any atom is -0.316 e. The van der Waals surface area contributed by atoms with E-state index in [1.54, 1.807) is 0 Å². The Morgan fingerprint density at radius 3 is 2.37 bits per heavy atom. The van der Waals surface area contributed by atoms with Gasteiger partial charge in [0.2, 0.25) is 10.0 Å². The van der Waals surface area contributed by atoms with Crippen molar-refractivity contribution < 1.29 is 8.42 Å². The first-order valence-corrected chi connectivity index (χ1v) is 8.37. The van der Waals surface area contributed by atoms with Crippen LogP contribution in [0.25, 0.3) is 0 Å². The molecular formula is C14H24N2O2S. The van der Waals surface area contributed by atoms with E-state index < -0.39 is 10.0 Å². The second kappa shape index (κ2) is 7.62. The fourth-order valence-corrected chi connectivity index (χ4v) is 2.97. The van der Waals surface area contributed by atoms with E-state index in [0.29, 0.717) is 6.54 Å². The fraction of sp³-hybridized carbons (Fsp3) is 0.571. The van der Waals surface area contributed by atoms with Crippen molar-refractivity contribution in [2.75, 3.05) is 18.8 Å². The van der Waals surface area contributed by atoms with Crippen molar-refractivity contribution in [1.82, 2.24) is 10.0 Å². The van der Waals surface area contributed by atoms with Gasteiger partial charge in [0.05, 0.1) is 5.75 Å². The summed E-state index contributed by atoms with van der Waals surface area (Å²) in [6, 6.07) is 7.69. The molecule has 1 aromatic rings. The van der Waals surface area contributed by atoms with Crippen molar-refractivity contribution in [3.05, 3.63) is 35.4 Å². The third-order valence-corrected chi connectivity index (χ3v) is 4.36. The number of hydrogen-bond acceptors (Lipinski definition) is 3. The van der Waals surface area contributed by atoms with Gasteiger partial charge in [0.15, 0.2) is 0 Å². The maximum atomic E-state index is 11.9. The van der Waals surface area contributed by atoms with Crippen LogP contribution in [0.1, 0.15) is 37.4 Å². The van der Waals surface area contributed by atoms with Crippen molar-refractivity contribution in [1.29, 1.82) is 0 Å². The standard InChI is InChI=1S/C14H24N2O2S/c1-4-9-15-10-11-19(17,18)16-13(3)14-7-5-12(2)6-8-14/h5-8,13,15-16H,4,9-11H2,1-3H3. The van der Waals surface area contributed by atoms with E-state index in [0.717, 1.165) is 18.5 Å². The average molecular weight is 284 g/mol. The van der Waals surface area contributed by atoms with E-state index in [1.807, 2.05) is 38.1 Å². The van der Waals surface area contributed by atoms with Crippen LogP contribution in [-0.2, 0) is 10.0 Å². The quantitative estimate of drug-likeness (QED) is 0.718. The first-order chi connectivity index (χ1) is 8.94. The van der Waals surface area contributed by atoms with Gasteiger partial charge in [0.1, 0.15) is 0 Å². The Bertz CT molecular complexity index is 469. The van der Waals surface area contributed by atoms with Crippen LogP contribution in [0.15, 0.2) is 24.3 Å². The summed E-state index contributed by atoms with van der Waals surface area (Å²) in [5.74, 6) is 0.114. The van der Waals surface area contributed by atoms with Crippen LogP contribution < -0.4 is 10.0 Å². The van der Waals surface area contributed by atoms with Crippen molar-refractivity contribution in [3.8, 4) is 0 Å². The van der Waals surface area contributed by atoms with Crippen LogP contribution in [0, 0.1) is 6.92 Å². The summed E-state index contributed by atoms with van der Waals surface area (Å²) in [6.07, 6.45) is 1.01. The number of hydrogen-bond donors (Lipinski definition) is 2. The normalized spacial score (nSPS) is 13.4. The summed E-state index contributed by atoms with van der Waals surface area (Å²) in [6.45, 7) is 7.27. The molecule has 5 heteroatoms. The van der Waals surface area contributed by atoms with E-state index in [4.69, 9.17) is 0 Å². The third-order valence-electron chi connectivity index (χ3n) is 2.91. The molecule has 0 aliphatic rings. The van der Waals surface area contributed by atoms with Gasteiger partial charge in [0, 0.05) is 12.6 Å². The van der Waals surface area contributed by atoms with Crippen LogP contribution in [0.3, 0.4) is 0 Å². The van der Waals surface area contributed by atoms with Gasteiger partial charge in [-0.3, -0.25) is 0 Å². The van der Waals surface area contributed by atoms with Gasteiger partial charge in [-0.05, 0) is 32.4 Å². The smallest absolute Gasteiger partial charge is 0.213 e. The lowest BCUT2D eigenvalue weighted by molar-refractivity contribution is 0.562. The highest BCUT2D eigenvalue weighted by molar-refractivity contribution is 7.89. The molecule has 1 atom stereocenters. The molecule has 0 saturated heterocycles. The highest BCUT2D eigenvalue weighted by Gasteiger charge is 2.15. The summed E-state index contributed by atoms with van der Waals surface area (Å²) >= 11 is 0. The highest BCUT2D eigenvalue weighted by atomic mass is 32.2. The minimum absolute atomic E-state index is 0.114. The van der Waals surface area contributed by atoms with Crippen molar-refractivity contribution in [3.63, 3.8) is 0 Å². The Balaban J connectivity index is 2.50. The number of aryl methyl sites for hydroxylation is 1. The zero-order chi connectivity index (χ0) is 14.3. The molecule has 0 aliphatic heterocycles. The van der Waals surface area contributed by atoms with Gasteiger partial charge in [-0.1, -0.05) is 36.8 Å². The third kappa shape index (κ3) is 6.18. The fourth-order valence-electron chi connectivity index (χ4n) is 1.76. The lowest BCUT2D eigenvalue weighted by Crippen LogP contribution is -2.33. The van der Waals surface area contributed by atoms with Gasteiger partial charge in [0.25, 0.3) is 0 Å². The first kappa shape index (κ1) is 16.1. The van der Waals surface area contributed by atoms with E-state index in [9.17, 15) is 8.42 Å². The van der Waals surface area contributed by atoms with E-state index in [1.165, 1.54) is 5.56 Å². The van der Waals surface area contributed by atoms with Crippen LogP contribution in [0.5, 0.6) is 0 Å². The SMILES string of the molecule is CCCNCCS(=O)(=O)NC(C)c1ccc(C)cc1. The van der Waals surface area contributed by atoms with Gasteiger partial charge in [-0.15, -0.1) is 0 Å². The maximum Gasteiger partial charge on any atom is 0.213 e. The molecule has 0 radical (unpaired) electrons. The van der Waals surface area contributed by atoms with E-state index in [2.05, 4.69) is 17.0 Å². The molecule has 1 rings (SSSR count). The highest BCUT2D eigenvalue weighted by Crippen LogP contribution is 2.13. The van der Waals surface area contributed by atoms with E-state index in [-0.39, 0.29) is 11.8 Å². The van der Waals surface area contributed by atoms with Gasteiger partial charge >= 0.3 is 0 Å². The van der Waals surface area contributed by atoms with Crippen molar-refractivity contribution >= 4 is 10.0 Å². The Hall–Kier alpha value is -0.910. The monoisotopic (exact) mass is 284 g/mol. The second-order valence-corrected chi connectivity index (χ2v) is 6.69. The molecule has 1 aromatic carbocycles. The summed E-state index contributed by atoms with van der Waals surface area (Å²) in [5.41, 5.74) is 2.15. The van der Waals surface area contributed by atoms with Gasteiger partial charge in [-0.25, -0.2) is 13.1 Å². The number of benzene rings is 1. The lowest BCUT2D eigenvalue weighted by atomic mass is 10.1. The summed E-state index contributed by atoms with van der Waals surface area (Å²) < 4.78 is 26.5. The Labute approximate surface area is 116 Å². The molecule has 0 spiro atoms. The zero-order valence-electron chi connectivity index (χ0n) is 11.9. The molecule has 0 amide bonds. The molecule has 0 fully saturated rings. The minimum atomic E-state index is -3.23. The molecule has 0 aromatic heterocycles. The summed E-state index contributed by atoms with van der Waals surface area (Å²) in [5, 5.41) is 3.09. The average Bonchev–Trinajstić information content (AvgIpc) is 2.35. The predicted molar refractivity (Wildman–Crippen MR) is 79.7 cm³/mol. The summed E-state index contributed by atoms with van der Waals surface area (Å²) in [4.78, 5) is 0. The molecule has 19 heavy (non-hydrogen) atoms. The Morgan fingerprint density at radius 2 is 1.79 bits per heavy atom. The maximum absolute atomic E-state index is 11.9. The van der Waals surface area contributed by atoms with Crippen molar-refractivity contribution in [2.45, 2.75) is 33.2 Å². The largest absolute Gasteiger partial charge is 0.316 e. The molecule has 0 aliphatic carbocycles. The molecule has 1 unspecified atom stereocenters. The Kier molecular flexibility index (Phi) is 6.48. The molecule has 0 saturated carbocycles. The molecule has 0 heterocycles. The summed E-state index contributed by atoms with van der Waals surface area (Å²) in [7, 11) is -3.23. The molecule has 0 bridgehead atoms. The van der Waals surface area contributed by atoms with Gasteiger partial charge in [-0.2, -0.15) is 0 Å². The number of nitrogens with one attached hydrogen (secondary N) is 2. The zero-order valence-corrected chi connectivity index (χ0v) is 12.8. The molecular weight excluding hydrogens is 260 g/mol. The molecule has 108 valence electrons. The van der Waals surface area contributed by atoms with Gasteiger partial charge < -0.3 is 5.32 Å². The van der Waals surface area contributed by atoms with Crippen LogP contribution in [-0.4, -0.2) is 27.3 Å². The second-order valence-electron chi connectivity index (χ2n) is 4.82. The van der Waals surface area contributed by atoms with Crippen molar-refractivity contribution in [2.24, 2.45) is 0 Å². The topological polar surface area (TPSA) is 58.2 Å². The predicted octanol–water partition coefficient (Wildman–Crippen LogP) is 1.98. The Morgan fingerprint density at radius 1 is 1.16 bits per heavy atom. The van der Waals surface area contributed by atoms with Crippen LogP contribution in [0.2, 0.25) is 0 Å². The molecule has 4 nitrogen and oxygen atoms in total. The number of sulfonamides is 1. The van der Waals surface area contributed by atoms with Crippen LogP contribution >= 0.6 is 0 Å². The number of rotatable bonds is 8. The first-order valence-electron chi connectivity index (χ1n) is 6.72. The van der Waals surface area contributed by atoms with E-state index >= 15 is 0 Å². The lowest BCUT2D eigenvalue weighted by Gasteiger charge is -2.15.